The smallest absolute Gasteiger partial charge is 0.0816 e. The normalized spacial score (nSPS) is 23.9. The van der Waals surface area contributed by atoms with Crippen molar-refractivity contribution < 1.29 is 0 Å². The van der Waals surface area contributed by atoms with Crippen molar-refractivity contribution in [2.75, 3.05) is 19.6 Å². The molecule has 2 atom stereocenters. The molecule has 2 aliphatic heterocycles. The zero-order chi connectivity index (χ0) is 18.1. The fraction of sp³-hybridized carbons (Fsp3) is 0.348. The van der Waals surface area contributed by atoms with Crippen molar-refractivity contribution in [3.8, 4) is 0 Å². The third kappa shape index (κ3) is 3.19. The lowest BCUT2D eigenvalue weighted by atomic mass is 9.84. The summed E-state index contributed by atoms with van der Waals surface area (Å²) >= 11 is 0. The predicted molar refractivity (Wildman–Crippen MR) is 109 cm³/mol. The number of hydrazone groups is 1. The first-order valence-electron chi connectivity index (χ1n) is 9.55. The number of piperidine rings is 1. The minimum absolute atomic E-state index is 0.324. The second kappa shape index (κ2) is 7.08. The number of rotatable bonds is 3. The summed E-state index contributed by atoms with van der Waals surface area (Å²) in [5.41, 5.74) is 7.78. The summed E-state index contributed by atoms with van der Waals surface area (Å²) < 4.78 is 0. The van der Waals surface area contributed by atoms with E-state index in [1.807, 2.05) is 0 Å². The minimum atomic E-state index is 0.324. The van der Waals surface area contributed by atoms with Crippen LogP contribution in [-0.2, 0) is 0 Å². The van der Waals surface area contributed by atoms with E-state index in [4.69, 9.17) is 5.10 Å². The zero-order valence-corrected chi connectivity index (χ0v) is 15.9. The van der Waals surface area contributed by atoms with Crippen LogP contribution in [0.15, 0.2) is 59.2 Å². The van der Waals surface area contributed by atoms with Crippen LogP contribution in [-0.4, -0.2) is 30.4 Å². The fourth-order valence-corrected chi connectivity index (χ4v) is 4.02. The first-order chi connectivity index (χ1) is 12.7. The first kappa shape index (κ1) is 17.0. The lowest BCUT2D eigenvalue weighted by molar-refractivity contribution is 0.211. The minimum Gasteiger partial charge on any atom is -0.312 e. The average molecular weight is 345 g/mol. The molecule has 0 aliphatic carbocycles. The molecule has 0 saturated carbocycles. The number of nitrogens with one attached hydrogen (secondary N) is 1. The molecule has 0 spiro atoms. The van der Waals surface area contributed by atoms with Crippen molar-refractivity contribution in [2.24, 2.45) is 11.0 Å². The zero-order valence-electron chi connectivity index (χ0n) is 15.9. The van der Waals surface area contributed by atoms with E-state index in [9.17, 15) is 0 Å². The van der Waals surface area contributed by atoms with Gasteiger partial charge in [0.15, 0.2) is 0 Å². The molecule has 1 fully saturated rings. The van der Waals surface area contributed by atoms with Crippen LogP contribution in [0.25, 0.3) is 6.08 Å². The summed E-state index contributed by atoms with van der Waals surface area (Å²) in [4.78, 5) is 0. The van der Waals surface area contributed by atoms with E-state index in [1.54, 1.807) is 0 Å². The molecule has 4 rings (SSSR count). The molecule has 134 valence electrons. The Morgan fingerprint density at radius 3 is 2.35 bits per heavy atom. The molecule has 2 aromatic rings. The summed E-state index contributed by atoms with van der Waals surface area (Å²) in [5.74, 6) is 0.406. The van der Waals surface area contributed by atoms with E-state index in [1.165, 1.54) is 33.5 Å². The molecule has 3 heteroatoms. The largest absolute Gasteiger partial charge is 0.312 e. The van der Waals surface area contributed by atoms with Gasteiger partial charge in [-0.25, -0.2) is 0 Å². The molecule has 1 saturated heterocycles. The van der Waals surface area contributed by atoms with Crippen LogP contribution in [0.2, 0.25) is 0 Å². The van der Waals surface area contributed by atoms with Gasteiger partial charge in [0.05, 0.1) is 11.8 Å². The van der Waals surface area contributed by atoms with Crippen LogP contribution in [0.4, 0.5) is 0 Å². The number of hydrogen-bond acceptors (Lipinski definition) is 3. The van der Waals surface area contributed by atoms with Gasteiger partial charge in [0, 0.05) is 25.6 Å². The predicted octanol–water partition coefficient (Wildman–Crippen LogP) is 4.34. The molecule has 26 heavy (non-hydrogen) atoms. The van der Waals surface area contributed by atoms with Crippen LogP contribution in [0, 0.1) is 19.8 Å². The summed E-state index contributed by atoms with van der Waals surface area (Å²) in [6.45, 7) is 9.26. The second-order valence-electron chi connectivity index (χ2n) is 7.41. The molecule has 2 aliphatic rings. The molecule has 1 N–H and O–H groups in total. The second-order valence-corrected chi connectivity index (χ2v) is 7.41. The molecule has 0 amide bonds. The Morgan fingerprint density at radius 2 is 1.69 bits per heavy atom. The number of nitrogens with zero attached hydrogens (tertiary/aromatic N) is 2. The number of fused-ring (bicyclic) bond motifs is 1. The topological polar surface area (TPSA) is 27.6 Å². The molecule has 0 bridgehead atoms. The van der Waals surface area contributed by atoms with Crippen LogP contribution < -0.4 is 5.32 Å². The van der Waals surface area contributed by atoms with Crippen molar-refractivity contribution in [1.29, 1.82) is 0 Å². The Kier molecular flexibility index (Phi) is 4.64. The van der Waals surface area contributed by atoms with Gasteiger partial charge in [0.1, 0.15) is 0 Å². The highest BCUT2D eigenvalue weighted by atomic mass is 15.5. The number of hydrogen-bond donors (Lipinski definition) is 1. The van der Waals surface area contributed by atoms with E-state index in [2.05, 4.69) is 85.7 Å². The summed E-state index contributed by atoms with van der Waals surface area (Å²) in [7, 11) is 0. The fourth-order valence-electron chi connectivity index (χ4n) is 4.02. The maximum atomic E-state index is 5.05. The van der Waals surface area contributed by atoms with Crippen molar-refractivity contribution in [3.63, 3.8) is 0 Å². The highest BCUT2D eigenvalue weighted by Gasteiger charge is 2.40. The van der Waals surface area contributed by atoms with E-state index >= 15 is 0 Å². The third-order valence-corrected chi connectivity index (χ3v) is 5.46. The highest BCUT2D eigenvalue weighted by molar-refractivity contribution is 6.07. The van der Waals surface area contributed by atoms with Crippen molar-refractivity contribution in [2.45, 2.75) is 26.8 Å². The number of benzene rings is 2. The van der Waals surface area contributed by atoms with Gasteiger partial charge in [0.25, 0.3) is 0 Å². The summed E-state index contributed by atoms with van der Waals surface area (Å²) in [6, 6.07) is 18.0. The molecular formula is C23H27N3. The molecule has 0 unspecified atom stereocenters. The van der Waals surface area contributed by atoms with Crippen LogP contribution in [0.5, 0.6) is 0 Å². The lowest BCUT2D eigenvalue weighted by Crippen LogP contribution is -2.40. The molecule has 2 heterocycles. The Bertz CT molecular complexity index is 831. The summed E-state index contributed by atoms with van der Waals surface area (Å²) in [5, 5.41) is 10.9. The molecule has 3 nitrogen and oxygen atoms in total. The summed E-state index contributed by atoms with van der Waals surface area (Å²) in [6.07, 6.45) is 2.29. The molecule has 0 radical (unpaired) electrons. The van der Waals surface area contributed by atoms with E-state index in [0.29, 0.717) is 12.0 Å². The third-order valence-electron chi connectivity index (χ3n) is 5.46. The molecule has 0 aromatic heterocycles. The molecular weight excluding hydrogens is 318 g/mol. The van der Waals surface area contributed by atoms with Gasteiger partial charge in [-0.3, -0.25) is 5.01 Å². The highest BCUT2D eigenvalue weighted by Crippen LogP contribution is 2.38. The van der Waals surface area contributed by atoms with Gasteiger partial charge in [-0.1, -0.05) is 59.7 Å². The van der Waals surface area contributed by atoms with Gasteiger partial charge in [0.2, 0.25) is 0 Å². The Morgan fingerprint density at radius 1 is 1.04 bits per heavy atom. The van der Waals surface area contributed by atoms with Crippen molar-refractivity contribution >= 4 is 11.8 Å². The number of aryl methyl sites for hydroxylation is 2. The first-order valence-corrected chi connectivity index (χ1v) is 9.55. The van der Waals surface area contributed by atoms with E-state index in [0.717, 1.165) is 19.6 Å². The Hall–Kier alpha value is -2.39. The lowest BCUT2D eigenvalue weighted by Gasteiger charge is -2.30. The van der Waals surface area contributed by atoms with Gasteiger partial charge >= 0.3 is 0 Å². The van der Waals surface area contributed by atoms with Gasteiger partial charge in [-0.15, -0.1) is 0 Å². The quantitative estimate of drug-likeness (QED) is 0.896. The Labute approximate surface area is 156 Å². The van der Waals surface area contributed by atoms with Gasteiger partial charge in [-0.2, -0.15) is 5.10 Å². The van der Waals surface area contributed by atoms with Crippen LogP contribution in [0.1, 0.15) is 35.2 Å². The SMILES string of the molecule is CCN1N=C2/C(=C/c3ccc(C)cc3)CNC[C@H]2[C@@H]1c1ccc(C)cc1. The maximum Gasteiger partial charge on any atom is 0.0816 e. The van der Waals surface area contributed by atoms with Crippen molar-refractivity contribution in [1.82, 2.24) is 10.3 Å². The van der Waals surface area contributed by atoms with E-state index in [-0.39, 0.29) is 0 Å². The Balaban J connectivity index is 1.68. The molecule has 2 aromatic carbocycles. The maximum absolute atomic E-state index is 5.05. The monoisotopic (exact) mass is 345 g/mol. The van der Waals surface area contributed by atoms with Crippen LogP contribution >= 0.6 is 0 Å². The van der Waals surface area contributed by atoms with Gasteiger partial charge in [-0.05, 0) is 43.5 Å². The average Bonchev–Trinajstić information content (AvgIpc) is 3.04. The van der Waals surface area contributed by atoms with Crippen LogP contribution in [0.3, 0.4) is 0 Å². The van der Waals surface area contributed by atoms with Crippen molar-refractivity contribution in [3.05, 3.63) is 76.4 Å². The van der Waals surface area contributed by atoms with Gasteiger partial charge < -0.3 is 5.32 Å². The standard InChI is InChI=1S/C23H27N3/c1-4-26-23(19-11-7-17(3)8-12-19)21-15-24-14-20(22(21)25-26)13-18-9-5-16(2)6-10-18/h5-13,21,23-24H,4,14-15H2,1-3H3/b20-13+/t21-,23+/m1/s1. The van der Waals surface area contributed by atoms with E-state index < -0.39 is 0 Å².